The molecular formula is C16H16N2O5S. The molecule has 0 radical (unpaired) electrons. The molecule has 3 rings (SSSR count). The number of carboxylic acids is 1. The fourth-order valence-electron chi connectivity index (χ4n) is 2.73. The van der Waals surface area contributed by atoms with Gasteiger partial charge in [0, 0.05) is 6.54 Å². The molecule has 0 unspecified atom stereocenters. The number of nitrogens with one attached hydrogen (secondary N) is 1. The molecule has 0 aromatic carbocycles. The summed E-state index contributed by atoms with van der Waals surface area (Å²) in [4.78, 5) is 37.7. The monoisotopic (exact) mass is 348 g/mol. The number of amides is 2. The molecule has 2 aromatic rings. The van der Waals surface area contributed by atoms with Gasteiger partial charge in [-0.25, -0.2) is 4.79 Å². The summed E-state index contributed by atoms with van der Waals surface area (Å²) >= 11 is 1.14. The molecule has 2 N–H and O–H groups in total. The summed E-state index contributed by atoms with van der Waals surface area (Å²) in [6, 6.07) is 4.08. The van der Waals surface area contributed by atoms with Crippen molar-refractivity contribution in [2.45, 2.75) is 25.8 Å². The Labute approximate surface area is 141 Å². The van der Waals surface area contributed by atoms with Crippen molar-refractivity contribution >= 4 is 34.1 Å². The number of hydrogen-bond acceptors (Lipinski definition) is 5. The average Bonchev–Trinajstić information content (AvgIpc) is 3.27. The van der Waals surface area contributed by atoms with E-state index in [4.69, 9.17) is 4.42 Å². The van der Waals surface area contributed by atoms with E-state index >= 15 is 0 Å². The second-order valence-electron chi connectivity index (χ2n) is 5.55. The Morgan fingerprint density at radius 2 is 2.21 bits per heavy atom. The third-order valence-electron chi connectivity index (χ3n) is 3.89. The third-order valence-corrected chi connectivity index (χ3v) is 5.03. The van der Waals surface area contributed by atoms with Crippen molar-refractivity contribution in [3.05, 3.63) is 40.7 Å². The van der Waals surface area contributed by atoms with Gasteiger partial charge in [-0.1, -0.05) is 0 Å². The lowest BCUT2D eigenvalue weighted by molar-refractivity contribution is -0.141. The maximum atomic E-state index is 12.7. The second-order valence-corrected chi connectivity index (χ2v) is 6.60. The molecule has 1 saturated heterocycles. The normalized spacial score (nSPS) is 17.0. The number of thiophene rings is 1. The molecule has 0 bridgehead atoms. The number of carboxylic acid groups (broad SMARTS) is 1. The number of aryl methyl sites for hydroxylation is 1. The lowest BCUT2D eigenvalue weighted by Crippen LogP contribution is -2.40. The zero-order valence-corrected chi connectivity index (χ0v) is 13.8. The Kier molecular flexibility index (Phi) is 4.39. The van der Waals surface area contributed by atoms with Gasteiger partial charge in [-0.3, -0.25) is 9.59 Å². The van der Waals surface area contributed by atoms with E-state index in [-0.39, 0.29) is 11.7 Å². The van der Waals surface area contributed by atoms with Gasteiger partial charge in [0.1, 0.15) is 6.04 Å². The van der Waals surface area contributed by atoms with Crippen molar-refractivity contribution in [1.29, 1.82) is 0 Å². The number of aliphatic carboxylic acids is 1. The molecule has 0 saturated carbocycles. The van der Waals surface area contributed by atoms with Crippen molar-refractivity contribution in [1.82, 2.24) is 4.90 Å². The van der Waals surface area contributed by atoms with E-state index in [0.29, 0.717) is 34.8 Å². The van der Waals surface area contributed by atoms with E-state index in [1.807, 2.05) is 0 Å². The quantitative estimate of drug-likeness (QED) is 0.884. The summed E-state index contributed by atoms with van der Waals surface area (Å²) in [5.41, 5.74) is 0.704. The highest BCUT2D eigenvalue weighted by atomic mass is 32.1. The number of nitrogens with zero attached hydrogens (tertiary/aromatic N) is 1. The van der Waals surface area contributed by atoms with Crippen LogP contribution in [0.3, 0.4) is 0 Å². The maximum absolute atomic E-state index is 12.7. The molecule has 7 nitrogen and oxygen atoms in total. The zero-order chi connectivity index (χ0) is 17.3. The maximum Gasteiger partial charge on any atom is 0.326 e. The molecule has 126 valence electrons. The lowest BCUT2D eigenvalue weighted by atomic mass is 10.2. The fraction of sp³-hybridized carbons (Fsp3) is 0.312. The number of anilines is 1. The van der Waals surface area contributed by atoms with Gasteiger partial charge >= 0.3 is 5.97 Å². The van der Waals surface area contributed by atoms with E-state index in [0.717, 1.165) is 11.3 Å². The zero-order valence-electron chi connectivity index (χ0n) is 12.9. The highest BCUT2D eigenvalue weighted by molar-refractivity contribution is 7.18. The van der Waals surface area contributed by atoms with Gasteiger partial charge in [0.2, 0.25) is 0 Å². The molecule has 2 aromatic heterocycles. The molecule has 2 amide bonds. The average molecular weight is 348 g/mol. The third kappa shape index (κ3) is 3.05. The molecule has 1 fully saturated rings. The molecule has 3 heterocycles. The van der Waals surface area contributed by atoms with Crippen LogP contribution in [0.1, 0.15) is 38.6 Å². The molecule has 1 aliphatic rings. The van der Waals surface area contributed by atoms with Crippen LogP contribution in [0.2, 0.25) is 0 Å². The Bertz CT molecular complexity index is 780. The molecule has 0 spiro atoms. The fourth-order valence-corrected chi connectivity index (χ4v) is 3.76. The van der Waals surface area contributed by atoms with Crippen molar-refractivity contribution in [2.24, 2.45) is 0 Å². The Morgan fingerprint density at radius 3 is 2.88 bits per heavy atom. The number of carbonyl (C=O) groups excluding carboxylic acids is 2. The van der Waals surface area contributed by atoms with Gasteiger partial charge in [-0.05, 0) is 43.5 Å². The summed E-state index contributed by atoms with van der Waals surface area (Å²) in [6.07, 6.45) is 2.55. The first kappa shape index (κ1) is 16.3. The van der Waals surface area contributed by atoms with Crippen LogP contribution in [0, 0.1) is 6.92 Å². The van der Waals surface area contributed by atoms with E-state index in [9.17, 15) is 19.5 Å². The number of likely N-dealkylation sites (tertiary alicyclic amines) is 1. The molecule has 8 heteroatoms. The van der Waals surface area contributed by atoms with E-state index in [2.05, 4.69) is 5.32 Å². The van der Waals surface area contributed by atoms with E-state index < -0.39 is 17.9 Å². The number of furan rings is 1. The highest BCUT2D eigenvalue weighted by Crippen LogP contribution is 2.30. The topological polar surface area (TPSA) is 99.9 Å². The number of hydrogen-bond donors (Lipinski definition) is 2. The molecule has 1 aliphatic heterocycles. The smallest absolute Gasteiger partial charge is 0.326 e. The Morgan fingerprint density at radius 1 is 1.42 bits per heavy atom. The summed E-state index contributed by atoms with van der Waals surface area (Å²) in [7, 11) is 0. The predicted octanol–water partition coefficient (Wildman–Crippen LogP) is 2.59. The van der Waals surface area contributed by atoms with Gasteiger partial charge in [0.15, 0.2) is 5.76 Å². The molecule has 1 atom stereocenters. The first-order valence-corrected chi connectivity index (χ1v) is 8.28. The first-order chi connectivity index (χ1) is 11.5. The van der Waals surface area contributed by atoms with Gasteiger partial charge in [-0.2, -0.15) is 0 Å². The van der Waals surface area contributed by atoms with Crippen LogP contribution in [0.4, 0.5) is 5.00 Å². The van der Waals surface area contributed by atoms with Crippen LogP contribution in [-0.4, -0.2) is 40.4 Å². The van der Waals surface area contributed by atoms with Gasteiger partial charge in [-0.15, -0.1) is 11.3 Å². The van der Waals surface area contributed by atoms with E-state index in [1.165, 1.54) is 11.2 Å². The standard InChI is InChI=1S/C16H16N2O5S/c1-9-8-12(17-14(19)11-5-3-7-23-11)24-13(9)15(20)18-6-2-4-10(18)16(21)22/h3,5,7-8,10H,2,4,6H2,1H3,(H,17,19)(H,21,22)/t10-/m0/s1. The predicted molar refractivity (Wildman–Crippen MR) is 87.4 cm³/mol. The van der Waals surface area contributed by atoms with Crippen LogP contribution < -0.4 is 5.32 Å². The Balaban J connectivity index is 1.77. The first-order valence-electron chi connectivity index (χ1n) is 7.46. The number of carbonyl (C=O) groups is 3. The summed E-state index contributed by atoms with van der Waals surface area (Å²) in [6.45, 7) is 2.19. The Hall–Kier alpha value is -2.61. The van der Waals surface area contributed by atoms with Crippen LogP contribution in [0.15, 0.2) is 28.9 Å². The van der Waals surface area contributed by atoms with Crippen molar-refractivity contribution in [2.75, 3.05) is 11.9 Å². The molecule has 0 aliphatic carbocycles. The van der Waals surface area contributed by atoms with Crippen LogP contribution in [-0.2, 0) is 4.79 Å². The summed E-state index contributed by atoms with van der Waals surface area (Å²) < 4.78 is 5.03. The van der Waals surface area contributed by atoms with E-state index in [1.54, 1.807) is 25.1 Å². The minimum absolute atomic E-state index is 0.180. The van der Waals surface area contributed by atoms with Gasteiger partial charge in [0.05, 0.1) is 16.1 Å². The summed E-state index contributed by atoms with van der Waals surface area (Å²) in [5.74, 6) is -1.51. The molecular weight excluding hydrogens is 332 g/mol. The van der Waals surface area contributed by atoms with Gasteiger partial charge < -0.3 is 19.7 Å². The SMILES string of the molecule is Cc1cc(NC(=O)c2ccco2)sc1C(=O)N1CCC[C@H]1C(=O)O. The largest absolute Gasteiger partial charge is 0.480 e. The van der Waals surface area contributed by atoms with Crippen LogP contribution in [0.5, 0.6) is 0 Å². The van der Waals surface area contributed by atoms with Crippen LogP contribution in [0.25, 0.3) is 0 Å². The van der Waals surface area contributed by atoms with Crippen molar-refractivity contribution < 1.29 is 23.9 Å². The van der Waals surface area contributed by atoms with Crippen LogP contribution >= 0.6 is 11.3 Å². The lowest BCUT2D eigenvalue weighted by Gasteiger charge is -2.20. The van der Waals surface area contributed by atoms with Gasteiger partial charge in [0.25, 0.3) is 11.8 Å². The van der Waals surface area contributed by atoms with Crippen molar-refractivity contribution in [3.63, 3.8) is 0 Å². The summed E-state index contributed by atoms with van der Waals surface area (Å²) in [5, 5.41) is 12.4. The van der Waals surface area contributed by atoms with Crippen molar-refractivity contribution in [3.8, 4) is 0 Å². The number of rotatable bonds is 4. The molecule has 24 heavy (non-hydrogen) atoms. The minimum Gasteiger partial charge on any atom is -0.480 e. The second kappa shape index (κ2) is 6.48. The minimum atomic E-state index is -0.985. The highest BCUT2D eigenvalue weighted by Gasteiger charge is 2.35.